The van der Waals surface area contributed by atoms with Crippen LogP contribution in [0.2, 0.25) is 0 Å². The fourth-order valence-electron chi connectivity index (χ4n) is 2.38. The molecule has 2 heterocycles. The molecule has 0 saturated carbocycles. The highest BCUT2D eigenvalue weighted by Gasteiger charge is 2.38. The van der Waals surface area contributed by atoms with Gasteiger partial charge in [-0.05, 0) is 30.3 Å². The smallest absolute Gasteiger partial charge is 0.335 e. The third-order valence-electron chi connectivity index (χ3n) is 3.67. The molecule has 1 aliphatic heterocycles. The minimum atomic E-state index is -3.66. The Morgan fingerprint density at radius 1 is 1.18 bits per heavy atom. The van der Waals surface area contributed by atoms with Crippen LogP contribution in [0.1, 0.15) is 22.0 Å². The highest BCUT2D eigenvalue weighted by atomic mass is 32.2. The minimum absolute atomic E-state index is 0.00636. The van der Waals surface area contributed by atoms with E-state index in [9.17, 15) is 13.2 Å². The van der Waals surface area contributed by atoms with Crippen LogP contribution in [0.15, 0.2) is 53.6 Å². The number of benzene rings is 1. The van der Waals surface area contributed by atoms with Gasteiger partial charge in [0.15, 0.2) is 0 Å². The van der Waals surface area contributed by atoms with E-state index in [-0.39, 0.29) is 16.4 Å². The summed E-state index contributed by atoms with van der Waals surface area (Å²) >= 11 is 0. The summed E-state index contributed by atoms with van der Waals surface area (Å²) in [5.74, 6) is -1.06. The van der Waals surface area contributed by atoms with Crippen LogP contribution in [0, 0.1) is 0 Å². The first-order valence-corrected chi connectivity index (χ1v) is 8.17. The van der Waals surface area contributed by atoms with Crippen LogP contribution >= 0.6 is 0 Å². The fourth-order valence-corrected chi connectivity index (χ4v) is 3.95. The zero-order chi connectivity index (χ0) is 15.7. The Hall–Kier alpha value is -2.25. The van der Waals surface area contributed by atoms with E-state index in [1.54, 1.807) is 6.20 Å². The summed E-state index contributed by atoms with van der Waals surface area (Å²) in [6, 6.07) is 11.0. The van der Waals surface area contributed by atoms with E-state index >= 15 is 0 Å². The first kappa shape index (κ1) is 14.7. The van der Waals surface area contributed by atoms with Crippen molar-refractivity contribution in [3.8, 4) is 0 Å². The number of rotatable bonds is 4. The number of hydrogen-bond donors (Lipinski definition) is 1. The number of carbonyl (C=O) groups is 1. The molecule has 0 radical (unpaired) electrons. The van der Waals surface area contributed by atoms with Crippen LogP contribution in [-0.2, 0) is 10.0 Å². The second-order valence-corrected chi connectivity index (χ2v) is 7.04. The quantitative estimate of drug-likeness (QED) is 0.924. The average molecular weight is 318 g/mol. The lowest BCUT2D eigenvalue weighted by Crippen LogP contribution is -2.48. The van der Waals surface area contributed by atoms with E-state index in [1.807, 2.05) is 18.2 Å². The maximum absolute atomic E-state index is 12.5. The maximum atomic E-state index is 12.5. The molecule has 7 heteroatoms. The van der Waals surface area contributed by atoms with E-state index in [0.29, 0.717) is 13.1 Å². The van der Waals surface area contributed by atoms with E-state index < -0.39 is 16.0 Å². The predicted molar refractivity (Wildman–Crippen MR) is 79.1 cm³/mol. The SMILES string of the molecule is O=C(O)c1cccc(S(=O)(=O)N2CC(c3ccccn3)C2)c1. The molecule has 6 nitrogen and oxygen atoms in total. The number of hydrogen-bond acceptors (Lipinski definition) is 4. The highest BCUT2D eigenvalue weighted by molar-refractivity contribution is 7.89. The molecule has 0 unspecified atom stereocenters. The maximum Gasteiger partial charge on any atom is 0.335 e. The first-order chi connectivity index (χ1) is 10.5. The van der Waals surface area contributed by atoms with E-state index in [0.717, 1.165) is 5.69 Å². The molecule has 1 fully saturated rings. The Kier molecular flexibility index (Phi) is 3.67. The lowest BCUT2D eigenvalue weighted by molar-refractivity contribution is 0.0696. The van der Waals surface area contributed by atoms with Crippen molar-refractivity contribution in [2.24, 2.45) is 0 Å². The molecule has 1 N–H and O–H groups in total. The van der Waals surface area contributed by atoms with Crippen molar-refractivity contribution >= 4 is 16.0 Å². The average Bonchev–Trinajstić information content (AvgIpc) is 2.46. The minimum Gasteiger partial charge on any atom is -0.478 e. The predicted octanol–water partition coefficient (Wildman–Crippen LogP) is 1.57. The van der Waals surface area contributed by atoms with Gasteiger partial charge in [-0.1, -0.05) is 12.1 Å². The molecule has 1 aromatic heterocycles. The van der Waals surface area contributed by atoms with Crippen LogP contribution in [0.4, 0.5) is 0 Å². The largest absolute Gasteiger partial charge is 0.478 e. The Morgan fingerprint density at radius 3 is 2.59 bits per heavy atom. The summed E-state index contributed by atoms with van der Waals surface area (Å²) in [6.45, 7) is 0.716. The van der Waals surface area contributed by atoms with Gasteiger partial charge < -0.3 is 5.11 Å². The third-order valence-corrected chi connectivity index (χ3v) is 5.50. The number of nitrogens with zero attached hydrogens (tertiary/aromatic N) is 2. The van der Waals surface area contributed by atoms with Crippen molar-refractivity contribution in [3.63, 3.8) is 0 Å². The summed E-state index contributed by atoms with van der Waals surface area (Å²) in [5, 5.41) is 8.96. The van der Waals surface area contributed by atoms with Gasteiger partial charge in [0.2, 0.25) is 10.0 Å². The van der Waals surface area contributed by atoms with E-state index in [2.05, 4.69) is 4.98 Å². The zero-order valence-electron chi connectivity index (χ0n) is 11.6. The molecular weight excluding hydrogens is 304 g/mol. The van der Waals surface area contributed by atoms with Gasteiger partial charge in [0.25, 0.3) is 0 Å². The molecule has 0 aliphatic carbocycles. The Labute approximate surface area is 128 Å². The molecule has 0 bridgehead atoms. The summed E-state index contributed by atoms with van der Waals surface area (Å²) in [7, 11) is -3.66. The van der Waals surface area contributed by atoms with Gasteiger partial charge in [-0.15, -0.1) is 0 Å². The summed E-state index contributed by atoms with van der Waals surface area (Å²) in [5.41, 5.74) is 0.830. The summed E-state index contributed by atoms with van der Waals surface area (Å²) < 4.78 is 26.3. The number of aromatic carboxylic acids is 1. The van der Waals surface area contributed by atoms with Gasteiger partial charge >= 0.3 is 5.97 Å². The Morgan fingerprint density at radius 2 is 1.95 bits per heavy atom. The van der Waals surface area contributed by atoms with E-state index in [4.69, 9.17) is 5.11 Å². The van der Waals surface area contributed by atoms with Gasteiger partial charge in [0.1, 0.15) is 0 Å². The topological polar surface area (TPSA) is 87.6 Å². The normalized spacial score (nSPS) is 16.2. The fraction of sp³-hybridized carbons (Fsp3) is 0.200. The van der Waals surface area contributed by atoms with Crippen molar-refractivity contribution in [2.45, 2.75) is 10.8 Å². The van der Waals surface area contributed by atoms with Crippen molar-refractivity contribution in [2.75, 3.05) is 13.1 Å². The number of aromatic nitrogens is 1. The second kappa shape index (κ2) is 5.51. The molecule has 1 aromatic carbocycles. The lowest BCUT2D eigenvalue weighted by atomic mass is 9.99. The molecule has 3 rings (SSSR count). The molecule has 0 amide bonds. The van der Waals surface area contributed by atoms with Crippen molar-refractivity contribution in [1.82, 2.24) is 9.29 Å². The van der Waals surface area contributed by atoms with Gasteiger partial charge in [-0.2, -0.15) is 4.31 Å². The number of sulfonamides is 1. The van der Waals surface area contributed by atoms with Crippen LogP contribution in [0.5, 0.6) is 0 Å². The molecule has 22 heavy (non-hydrogen) atoms. The van der Waals surface area contributed by atoms with Gasteiger partial charge in [0.05, 0.1) is 10.5 Å². The second-order valence-electron chi connectivity index (χ2n) is 5.11. The van der Waals surface area contributed by atoms with Crippen LogP contribution in [0.3, 0.4) is 0 Å². The number of carboxylic acids is 1. The van der Waals surface area contributed by atoms with Gasteiger partial charge in [-0.25, -0.2) is 13.2 Å². The molecule has 1 saturated heterocycles. The van der Waals surface area contributed by atoms with Crippen LogP contribution < -0.4 is 0 Å². The van der Waals surface area contributed by atoms with Crippen molar-refractivity contribution in [1.29, 1.82) is 0 Å². The summed E-state index contributed by atoms with van der Waals surface area (Å²) in [4.78, 5) is 15.2. The first-order valence-electron chi connectivity index (χ1n) is 6.73. The Balaban J connectivity index is 1.78. The molecule has 0 atom stereocenters. The molecule has 1 aliphatic rings. The van der Waals surface area contributed by atoms with Crippen LogP contribution in [0.25, 0.3) is 0 Å². The monoisotopic (exact) mass is 318 g/mol. The molecule has 0 spiro atoms. The molecular formula is C15H14N2O4S. The molecule has 114 valence electrons. The lowest BCUT2D eigenvalue weighted by Gasteiger charge is -2.37. The van der Waals surface area contributed by atoms with Gasteiger partial charge in [-0.3, -0.25) is 4.98 Å². The number of carboxylic acid groups (broad SMARTS) is 1. The molecule has 2 aromatic rings. The summed E-state index contributed by atoms with van der Waals surface area (Å²) in [6.07, 6.45) is 1.68. The Bertz CT molecular complexity index is 799. The number of pyridine rings is 1. The van der Waals surface area contributed by atoms with E-state index in [1.165, 1.54) is 28.6 Å². The third kappa shape index (κ3) is 2.60. The van der Waals surface area contributed by atoms with Crippen LogP contribution in [-0.4, -0.2) is 41.9 Å². The van der Waals surface area contributed by atoms with Gasteiger partial charge in [0, 0.05) is 30.9 Å². The zero-order valence-corrected chi connectivity index (χ0v) is 12.4. The standard InChI is InChI=1S/C15H14N2O4S/c18-15(19)11-4-3-5-13(8-11)22(20,21)17-9-12(10-17)14-6-1-2-7-16-14/h1-8,12H,9-10H2,(H,18,19). The van der Waals surface area contributed by atoms with Crippen molar-refractivity contribution in [3.05, 3.63) is 59.9 Å². The van der Waals surface area contributed by atoms with Crippen molar-refractivity contribution < 1.29 is 18.3 Å². The highest BCUT2D eigenvalue weighted by Crippen LogP contribution is 2.31.